The van der Waals surface area contributed by atoms with Crippen LogP contribution in [0.3, 0.4) is 0 Å². The van der Waals surface area contributed by atoms with Gasteiger partial charge < -0.3 is 18.8 Å². The van der Waals surface area contributed by atoms with Crippen LogP contribution >= 0.6 is 7.29 Å². The van der Waals surface area contributed by atoms with Gasteiger partial charge >= 0.3 is 0 Å². The summed E-state index contributed by atoms with van der Waals surface area (Å²) in [4.78, 5) is 0. The Morgan fingerprint density at radius 1 is 0.864 bits per heavy atom. The number of ether oxygens (including phenoxy) is 3. The molecule has 0 aliphatic carbocycles. The van der Waals surface area contributed by atoms with Crippen LogP contribution in [0.15, 0.2) is 0 Å². The van der Waals surface area contributed by atoms with Gasteiger partial charge in [0.1, 0.15) is 11.7 Å². The van der Waals surface area contributed by atoms with E-state index in [1.165, 1.54) is 0 Å². The molecule has 0 saturated carbocycles. The second-order valence-electron chi connectivity index (χ2n) is 7.39. The Morgan fingerprint density at radius 3 is 1.68 bits per heavy atom. The first-order valence-electron chi connectivity index (χ1n) is 8.52. The molecule has 2 unspecified atom stereocenters. The fourth-order valence-corrected chi connectivity index (χ4v) is 7.32. The molecular formula is C16H32NO4P. The minimum Gasteiger partial charge on any atom is -0.379 e. The minimum atomic E-state index is -2.79. The first-order valence-corrected chi connectivity index (χ1v) is 10.3. The lowest BCUT2D eigenvalue weighted by Crippen LogP contribution is -2.50. The Hall–Kier alpha value is 0.0700. The standard InChI is InChI=1S/C16H32NO4P/c1-11(2)14-20-15(12(3)4)22(18,16(21-14)13(5)6)17-7-9-19-10-8-17/h11-16H,7-10H2,1-6H3. The first kappa shape index (κ1) is 18.4. The summed E-state index contributed by atoms with van der Waals surface area (Å²) < 4.78 is 34.0. The van der Waals surface area contributed by atoms with Crippen molar-refractivity contribution >= 4 is 7.29 Å². The monoisotopic (exact) mass is 333 g/mol. The van der Waals surface area contributed by atoms with E-state index in [9.17, 15) is 4.57 Å². The van der Waals surface area contributed by atoms with Gasteiger partial charge in [-0.2, -0.15) is 0 Å². The molecule has 2 heterocycles. The molecule has 0 aromatic carbocycles. The molecule has 0 N–H and O–H groups in total. The van der Waals surface area contributed by atoms with Crippen LogP contribution in [0, 0.1) is 17.8 Å². The second kappa shape index (κ2) is 7.31. The van der Waals surface area contributed by atoms with Crippen LogP contribution < -0.4 is 0 Å². The van der Waals surface area contributed by atoms with E-state index in [1.807, 2.05) is 0 Å². The van der Waals surface area contributed by atoms with Crippen LogP contribution in [0.5, 0.6) is 0 Å². The highest BCUT2D eigenvalue weighted by Crippen LogP contribution is 2.65. The summed E-state index contributed by atoms with van der Waals surface area (Å²) in [5.41, 5.74) is 0. The number of hydrogen-bond donors (Lipinski definition) is 0. The highest BCUT2D eigenvalue weighted by Gasteiger charge is 2.54. The Bertz CT molecular complexity index is 385. The molecule has 5 nitrogen and oxygen atoms in total. The fraction of sp³-hybridized carbons (Fsp3) is 1.00. The van der Waals surface area contributed by atoms with Crippen LogP contribution in [0.4, 0.5) is 0 Å². The van der Waals surface area contributed by atoms with E-state index in [0.717, 1.165) is 0 Å². The molecule has 0 spiro atoms. The highest BCUT2D eigenvalue weighted by molar-refractivity contribution is 7.62. The second-order valence-corrected chi connectivity index (χ2v) is 10.3. The Kier molecular flexibility index (Phi) is 6.12. The molecule has 2 atom stereocenters. The lowest BCUT2D eigenvalue weighted by molar-refractivity contribution is -0.218. The van der Waals surface area contributed by atoms with Crippen LogP contribution in [0.25, 0.3) is 0 Å². The molecule has 2 fully saturated rings. The van der Waals surface area contributed by atoms with Crippen LogP contribution in [-0.2, 0) is 18.8 Å². The summed E-state index contributed by atoms with van der Waals surface area (Å²) in [6.45, 7) is 15.2. The molecule has 2 saturated heterocycles. The third-order valence-electron chi connectivity index (χ3n) is 4.39. The van der Waals surface area contributed by atoms with Crippen molar-refractivity contribution in [3.63, 3.8) is 0 Å². The molecule has 22 heavy (non-hydrogen) atoms. The van der Waals surface area contributed by atoms with Gasteiger partial charge in [-0.3, -0.25) is 0 Å². The van der Waals surface area contributed by atoms with Gasteiger partial charge in [0.05, 0.1) is 13.2 Å². The van der Waals surface area contributed by atoms with Gasteiger partial charge in [-0.05, 0) is 11.8 Å². The van der Waals surface area contributed by atoms with Crippen LogP contribution in [-0.4, -0.2) is 49.0 Å². The van der Waals surface area contributed by atoms with E-state index < -0.39 is 7.29 Å². The van der Waals surface area contributed by atoms with Crippen molar-refractivity contribution in [2.75, 3.05) is 26.3 Å². The van der Waals surface area contributed by atoms with Gasteiger partial charge in [-0.1, -0.05) is 41.5 Å². The van der Waals surface area contributed by atoms with E-state index in [-0.39, 0.29) is 35.7 Å². The number of rotatable bonds is 4. The van der Waals surface area contributed by atoms with Gasteiger partial charge in [0.25, 0.3) is 0 Å². The summed E-state index contributed by atoms with van der Waals surface area (Å²) in [6.07, 6.45) is -0.275. The lowest BCUT2D eigenvalue weighted by Gasteiger charge is -2.50. The van der Waals surface area contributed by atoms with Gasteiger partial charge in [-0.25, -0.2) is 4.67 Å². The maximum Gasteiger partial charge on any atom is 0.206 e. The summed E-state index contributed by atoms with van der Waals surface area (Å²) in [7, 11) is -2.79. The molecule has 130 valence electrons. The van der Waals surface area contributed by atoms with E-state index in [4.69, 9.17) is 14.2 Å². The van der Waals surface area contributed by atoms with Crippen molar-refractivity contribution in [1.82, 2.24) is 4.67 Å². The maximum absolute atomic E-state index is 14.1. The van der Waals surface area contributed by atoms with Gasteiger partial charge in [0, 0.05) is 19.0 Å². The third-order valence-corrected chi connectivity index (χ3v) is 8.57. The largest absolute Gasteiger partial charge is 0.379 e. The zero-order valence-corrected chi connectivity index (χ0v) is 15.7. The Morgan fingerprint density at radius 2 is 1.32 bits per heavy atom. The van der Waals surface area contributed by atoms with E-state index in [0.29, 0.717) is 26.3 Å². The predicted molar refractivity (Wildman–Crippen MR) is 88.0 cm³/mol. The zero-order chi connectivity index (χ0) is 16.5. The highest BCUT2D eigenvalue weighted by atomic mass is 31.2. The summed E-state index contributed by atoms with van der Waals surface area (Å²) in [5.74, 6) is 0.111. The first-order chi connectivity index (χ1) is 10.3. The molecule has 2 aliphatic heterocycles. The summed E-state index contributed by atoms with van der Waals surface area (Å²) in [5, 5.41) is 0. The maximum atomic E-state index is 14.1. The van der Waals surface area contributed by atoms with E-state index >= 15 is 0 Å². The summed E-state index contributed by atoms with van der Waals surface area (Å²) >= 11 is 0. The normalized spacial score (nSPS) is 38.1. The number of nitrogens with zero attached hydrogens (tertiary/aromatic N) is 1. The van der Waals surface area contributed by atoms with Crippen molar-refractivity contribution in [3.8, 4) is 0 Å². The van der Waals surface area contributed by atoms with Crippen LogP contribution in [0.2, 0.25) is 0 Å². The fourth-order valence-electron chi connectivity index (χ4n) is 3.30. The van der Waals surface area contributed by atoms with E-state index in [1.54, 1.807) is 0 Å². The number of hydrogen-bond acceptors (Lipinski definition) is 4. The third kappa shape index (κ3) is 3.44. The number of morpholine rings is 1. The van der Waals surface area contributed by atoms with Gasteiger partial charge in [0.2, 0.25) is 7.29 Å². The van der Waals surface area contributed by atoms with Crippen LogP contribution in [0.1, 0.15) is 41.5 Å². The molecule has 2 aliphatic rings. The predicted octanol–water partition coefficient (Wildman–Crippen LogP) is 3.59. The Labute approximate surface area is 135 Å². The molecule has 2 rings (SSSR count). The van der Waals surface area contributed by atoms with Crippen molar-refractivity contribution in [2.24, 2.45) is 17.8 Å². The Balaban J connectivity index is 2.37. The molecule has 0 radical (unpaired) electrons. The van der Waals surface area contributed by atoms with Crippen molar-refractivity contribution < 1.29 is 18.8 Å². The van der Waals surface area contributed by atoms with E-state index in [2.05, 4.69) is 46.2 Å². The molecule has 0 bridgehead atoms. The van der Waals surface area contributed by atoms with Gasteiger partial charge in [0.15, 0.2) is 6.29 Å². The lowest BCUT2D eigenvalue weighted by atomic mass is 10.2. The molecule has 0 aromatic rings. The summed E-state index contributed by atoms with van der Waals surface area (Å²) in [6, 6.07) is 0. The van der Waals surface area contributed by atoms with Gasteiger partial charge in [-0.15, -0.1) is 0 Å². The molecular weight excluding hydrogens is 301 g/mol. The zero-order valence-electron chi connectivity index (χ0n) is 14.8. The average Bonchev–Trinajstić information content (AvgIpc) is 2.47. The molecule has 6 heteroatoms. The molecule has 0 amide bonds. The average molecular weight is 333 g/mol. The van der Waals surface area contributed by atoms with Crippen molar-refractivity contribution in [3.05, 3.63) is 0 Å². The molecule has 0 aromatic heterocycles. The topological polar surface area (TPSA) is 48.0 Å². The smallest absolute Gasteiger partial charge is 0.206 e. The van der Waals surface area contributed by atoms with Crippen molar-refractivity contribution in [1.29, 1.82) is 0 Å². The SMILES string of the molecule is CC(C)C1OC(C(C)C)P(=O)(N2CCOCC2)C(C(C)C)O1. The minimum absolute atomic E-state index is 0.195. The van der Waals surface area contributed by atoms with Crippen molar-refractivity contribution in [2.45, 2.75) is 59.5 Å². The quantitative estimate of drug-likeness (QED) is 0.736.